The maximum atomic E-state index is 3.77. The van der Waals surface area contributed by atoms with Crippen LogP contribution in [0.15, 0.2) is 0 Å². The summed E-state index contributed by atoms with van der Waals surface area (Å²) in [6, 6.07) is 0. The van der Waals surface area contributed by atoms with Crippen molar-refractivity contribution in [3.63, 3.8) is 0 Å². The maximum absolute atomic E-state index is 3.77. The first-order valence-electron chi connectivity index (χ1n) is 0.123. The van der Waals surface area contributed by atoms with E-state index in [-0.39, 0.29) is 72.6 Å². The van der Waals surface area contributed by atoms with E-state index >= 15 is 0 Å². The quantitative estimate of drug-likeness (QED) is 0.330. The number of hydrogen-bond donors (Lipinski definition) is 0. The van der Waals surface area contributed by atoms with Gasteiger partial charge in [-0.15, -0.1) is 0 Å². The Bertz CT molecular complexity index is 7.61. The molecule has 0 aromatic carbocycles. The Morgan fingerprint density at radius 2 is 1.00 bits per heavy atom. The zero-order valence-electron chi connectivity index (χ0n) is 3.12. The Balaban J connectivity index is -0.00000000167. The fourth-order valence-corrected chi connectivity index (χ4v) is 0. The van der Waals surface area contributed by atoms with Crippen molar-refractivity contribution in [2.24, 2.45) is 0 Å². The summed E-state index contributed by atoms with van der Waals surface area (Å²) in [7, 11) is 3.65. The number of rotatable bonds is 0. The van der Waals surface area contributed by atoms with Gasteiger partial charge in [-0.3, -0.25) is 0 Å². The van der Waals surface area contributed by atoms with Crippen LogP contribution in [0.5, 0.6) is 0 Å². The van der Waals surface area contributed by atoms with Gasteiger partial charge in [0.15, 0.2) is 0 Å². The average molecular weight is 174 g/mol. The molecular formula is CuNa2S2. The molecule has 0 fully saturated rings. The van der Waals surface area contributed by atoms with Gasteiger partial charge in [0.25, 0.3) is 0 Å². The third kappa shape index (κ3) is 19.2. The fourth-order valence-electron chi connectivity index (χ4n) is 0. The standard InChI is InChI=1S/Cu.2Na.2S/q;2*+1;;-2. The predicted molar refractivity (Wildman–Crippen MR) is 15.0 cm³/mol. The van der Waals surface area contributed by atoms with Crippen LogP contribution in [0.2, 0.25) is 0 Å². The minimum absolute atomic E-state index is 0. The van der Waals surface area contributed by atoms with Crippen LogP contribution in [0.3, 0.4) is 0 Å². The first kappa shape index (κ1) is 24.3. The van der Waals surface area contributed by atoms with E-state index in [2.05, 4.69) is 24.9 Å². The van der Waals surface area contributed by atoms with Crippen LogP contribution in [0.1, 0.15) is 0 Å². The van der Waals surface area contributed by atoms with E-state index in [1.807, 2.05) is 0 Å². The molecule has 0 aromatic heterocycles. The zero-order valence-corrected chi connectivity index (χ0v) is 9.69. The molecule has 5 heteroatoms. The van der Waals surface area contributed by atoms with Crippen molar-refractivity contribution < 1.29 is 73.5 Å². The van der Waals surface area contributed by atoms with Gasteiger partial charge < -0.3 is 13.5 Å². The van der Waals surface area contributed by atoms with E-state index in [1.165, 1.54) is 0 Å². The summed E-state index contributed by atoms with van der Waals surface area (Å²) in [6.07, 6.45) is 0. The molecular weight excluding hydrogens is 174 g/mol. The summed E-state index contributed by atoms with van der Waals surface area (Å²) >= 11 is 3.77. The molecule has 0 nitrogen and oxygen atoms in total. The SMILES string of the molecule is [Na+].[Na+].[S-2].[S]=[Cu]. The molecule has 0 aliphatic rings. The van der Waals surface area contributed by atoms with E-state index in [0.717, 1.165) is 0 Å². The summed E-state index contributed by atoms with van der Waals surface area (Å²) in [5.41, 5.74) is 0. The molecule has 0 aliphatic carbocycles. The normalized spacial score (nSPS) is 1.20. The van der Waals surface area contributed by atoms with Gasteiger partial charge in [0.2, 0.25) is 0 Å². The molecule has 0 amide bonds. The second kappa shape index (κ2) is 27.5. The number of hydrogen-bond acceptors (Lipinski definition) is 1. The fraction of sp³-hybridized carbons (Fsp3) is 0. The molecule has 0 aliphatic heterocycles. The topological polar surface area (TPSA) is 0 Å². The Kier molecular flexibility index (Phi) is 134. The predicted octanol–water partition coefficient (Wildman–Crippen LogP) is -5.35. The molecule has 0 N–H and O–H groups in total. The Labute approximate surface area is 95.5 Å². The monoisotopic (exact) mass is 173 g/mol. The molecule has 25 valence electrons. The van der Waals surface area contributed by atoms with Crippen LogP contribution < -0.4 is 59.1 Å². The van der Waals surface area contributed by atoms with E-state index in [4.69, 9.17) is 0 Å². The summed E-state index contributed by atoms with van der Waals surface area (Å²) in [6.45, 7) is 0. The van der Waals surface area contributed by atoms with Crippen molar-refractivity contribution in [1.82, 2.24) is 0 Å². The van der Waals surface area contributed by atoms with Gasteiger partial charge >= 0.3 is 84.1 Å². The molecule has 0 heterocycles. The van der Waals surface area contributed by atoms with E-state index in [0.29, 0.717) is 0 Å². The van der Waals surface area contributed by atoms with Crippen molar-refractivity contribution in [3.8, 4) is 0 Å². The summed E-state index contributed by atoms with van der Waals surface area (Å²) in [4.78, 5) is 0. The molecule has 0 radical (unpaired) electrons. The van der Waals surface area contributed by atoms with Crippen LogP contribution in [-0.2, 0) is 27.9 Å². The van der Waals surface area contributed by atoms with Crippen molar-refractivity contribution >= 4 is 24.0 Å². The van der Waals surface area contributed by atoms with E-state index in [9.17, 15) is 0 Å². The van der Waals surface area contributed by atoms with Crippen molar-refractivity contribution in [2.75, 3.05) is 0 Å². The van der Waals surface area contributed by atoms with Crippen molar-refractivity contribution in [1.29, 1.82) is 0 Å². The van der Waals surface area contributed by atoms with Crippen LogP contribution in [0.4, 0.5) is 0 Å². The first-order valence-corrected chi connectivity index (χ1v) is 1.52. The molecule has 0 atom stereocenters. The molecule has 0 saturated carbocycles. The molecule has 0 bridgehead atoms. The van der Waals surface area contributed by atoms with Crippen molar-refractivity contribution in [3.05, 3.63) is 0 Å². The van der Waals surface area contributed by atoms with Gasteiger partial charge in [0, 0.05) is 0 Å². The minimum atomic E-state index is 0. The second-order valence-electron chi connectivity index (χ2n) is 0. The summed E-state index contributed by atoms with van der Waals surface area (Å²) < 4.78 is 0. The van der Waals surface area contributed by atoms with Crippen LogP contribution in [-0.4, -0.2) is 0 Å². The first-order chi connectivity index (χ1) is 1.00. The second-order valence-corrected chi connectivity index (χ2v) is 0. The molecule has 0 unspecified atom stereocenters. The Morgan fingerprint density at radius 3 is 1.00 bits per heavy atom. The zero-order chi connectivity index (χ0) is 2.00. The van der Waals surface area contributed by atoms with Gasteiger partial charge in [0.1, 0.15) is 0 Å². The van der Waals surface area contributed by atoms with E-state index in [1.54, 1.807) is 0 Å². The summed E-state index contributed by atoms with van der Waals surface area (Å²) in [5.74, 6) is 0. The molecule has 5 heavy (non-hydrogen) atoms. The Hall–Kier alpha value is 3.09. The van der Waals surface area contributed by atoms with Crippen LogP contribution in [0.25, 0.3) is 0 Å². The third-order valence-corrected chi connectivity index (χ3v) is 0. The Morgan fingerprint density at radius 1 is 1.00 bits per heavy atom. The molecule has 0 spiro atoms. The molecule has 0 rings (SSSR count). The van der Waals surface area contributed by atoms with E-state index < -0.39 is 0 Å². The third-order valence-electron chi connectivity index (χ3n) is 0. The van der Waals surface area contributed by atoms with Crippen molar-refractivity contribution in [2.45, 2.75) is 0 Å². The van der Waals surface area contributed by atoms with Gasteiger partial charge in [-0.05, 0) is 0 Å². The van der Waals surface area contributed by atoms with Gasteiger partial charge in [-0.2, -0.15) is 0 Å². The molecule has 0 saturated heterocycles. The van der Waals surface area contributed by atoms with Crippen LogP contribution in [0, 0.1) is 0 Å². The molecule has 0 aromatic rings. The van der Waals surface area contributed by atoms with Crippen LogP contribution >= 0.6 is 10.6 Å². The van der Waals surface area contributed by atoms with Gasteiger partial charge in [-0.25, -0.2) is 0 Å². The van der Waals surface area contributed by atoms with Gasteiger partial charge in [-0.1, -0.05) is 0 Å². The summed E-state index contributed by atoms with van der Waals surface area (Å²) in [5, 5.41) is 0. The van der Waals surface area contributed by atoms with Gasteiger partial charge in [0.05, 0.1) is 0 Å². The average Bonchev–Trinajstić information content (AvgIpc) is 1.00.